The molecule has 1 aromatic heterocycles. The van der Waals surface area contributed by atoms with Crippen LogP contribution in [0, 0.1) is 0 Å². The summed E-state index contributed by atoms with van der Waals surface area (Å²) in [6.45, 7) is 1.59. The Balaban J connectivity index is 1.90. The molecule has 1 saturated heterocycles. The van der Waals surface area contributed by atoms with Gasteiger partial charge in [-0.2, -0.15) is 0 Å². The van der Waals surface area contributed by atoms with Crippen LogP contribution in [0.1, 0.15) is 12.0 Å². The van der Waals surface area contributed by atoms with Crippen LogP contribution in [-0.4, -0.2) is 28.8 Å². The molecule has 0 aliphatic carbocycles. The lowest BCUT2D eigenvalue weighted by molar-refractivity contribution is 0.0619. The Bertz CT molecular complexity index is 532. The van der Waals surface area contributed by atoms with Gasteiger partial charge in [-0.05, 0) is 30.7 Å². The fourth-order valence-electron chi connectivity index (χ4n) is 2.48. The van der Waals surface area contributed by atoms with Crippen LogP contribution in [0.3, 0.4) is 0 Å². The molecular formula is C14H16N2O. The molecule has 1 aromatic carbocycles. The monoisotopic (exact) mass is 228 g/mol. The van der Waals surface area contributed by atoms with Gasteiger partial charge in [-0.3, -0.25) is 4.98 Å². The first-order chi connectivity index (χ1) is 8.25. The van der Waals surface area contributed by atoms with Crippen molar-refractivity contribution in [3.63, 3.8) is 0 Å². The molecule has 1 unspecified atom stereocenters. The third kappa shape index (κ3) is 2.16. The molecular weight excluding hydrogens is 212 g/mol. The van der Waals surface area contributed by atoms with Crippen molar-refractivity contribution < 1.29 is 5.11 Å². The van der Waals surface area contributed by atoms with Crippen LogP contribution in [0.15, 0.2) is 36.5 Å². The number of β-amino-alcohol motifs (C(OH)–C–C–N with tert-alkyl or cyclic N) is 1. The maximum Gasteiger partial charge on any atom is 0.0823 e. The van der Waals surface area contributed by atoms with E-state index < -0.39 is 5.60 Å². The number of aliphatic hydroxyl groups is 1. The highest BCUT2D eigenvalue weighted by Crippen LogP contribution is 2.22. The lowest BCUT2D eigenvalue weighted by Crippen LogP contribution is -2.33. The number of hydrogen-bond acceptors (Lipinski definition) is 3. The van der Waals surface area contributed by atoms with Crippen molar-refractivity contribution in [2.24, 2.45) is 0 Å². The number of pyridine rings is 1. The average Bonchev–Trinajstić information content (AvgIpc) is 2.76. The Morgan fingerprint density at radius 3 is 3.12 bits per heavy atom. The van der Waals surface area contributed by atoms with E-state index in [0.29, 0.717) is 13.0 Å². The van der Waals surface area contributed by atoms with Crippen LogP contribution in [0.4, 0.5) is 0 Å². The van der Waals surface area contributed by atoms with Gasteiger partial charge in [0.05, 0.1) is 11.1 Å². The van der Waals surface area contributed by atoms with Crippen molar-refractivity contribution in [1.82, 2.24) is 10.3 Å². The third-order valence-corrected chi connectivity index (χ3v) is 3.42. The normalized spacial score (nSPS) is 24.3. The number of nitrogens with zero attached hydrogens (tertiary/aromatic N) is 1. The molecule has 0 saturated carbocycles. The van der Waals surface area contributed by atoms with E-state index in [1.165, 1.54) is 0 Å². The van der Waals surface area contributed by atoms with E-state index in [-0.39, 0.29) is 0 Å². The first kappa shape index (κ1) is 10.7. The first-order valence-electron chi connectivity index (χ1n) is 6.02. The summed E-state index contributed by atoms with van der Waals surface area (Å²) in [6.07, 6.45) is 3.33. The van der Waals surface area contributed by atoms with Crippen LogP contribution < -0.4 is 5.32 Å². The van der Waals surface area contributed by atoms with Crippen molar-refractivity contribution in [3.8, 4) is 0 Å². The molecule has 1 fully saturated rings. The predicted molar refractivity (Wildman–Crippen MR) is 67.9 cm³/mol. The van der Waals surface area contributed by atoms with Gasteiger partial charge in [0.2, 0.25) is 0 Å². The highest BCUT2D eigenvalue weighted by atomic mass is 16.3. The molecule has 1 atom stereocenters. The highest BCUT2D eigenvalue weighted by Gasteiger charge is 2.30. The fourth-order valence-corrected chi connectivity index (χ4v) is 2.48. The van der Waals surface area contributed by atoms with Crippen molar-refractivity contribution in [2.75, 3.05) is 13.1 Å². The maximum atomic E-state index is 10.3. The molecule has 1 aliphatic heterocycles. The molecule has 3 nitrogen and oxygen atoms in total. The Kier molecular flexibility index (Phi) is 2.57. The van der Waals surface area contributed by atoms with E-state index in [1.54, 1.807) is 6.20 Å². The third-order valence-electron chi connectivity index (χ3n) is 3.42. The fraction of sp³-hybridized carbons (Fsp3) is 0.357. The van der Waals surface area contributed by atoms with Crippen molar-refractivity contribution in [3.05, 3.63) is 42.1 Å². The Morgan fingerprint density at radius 2 is 2.29 bits per heavy atom. The molecule has 3 heteroatoms. The minimum absolute atomic E-state index is 0.581. The second-order valence-corrected chi connectivity index (χ2v) is 4.86. The van der Waals surface area contributed by atoms with E-state index in [2.05, 4.69) is 34.6 Å². The number of benzene rings is 1. The largest absolute Gasteiger partial charge is 0.388 e. The SMILES string of the molecule is OC1(Cc2ccc3cccnc3c2)CCNC1. The predicted octanol–water partition coefficient (Wildman–Crippen LogP) is 1.50. The van der Waals surface area contributed by atoms with E-state index in [9.17, 15) is 5.11 Å². The summed E-state index contributed by atoms with van der Waals surface area (Å²) < 4.78 is 0. The van der Waals surface area contributed by atoms with Gasteiger partial charge >= 0.3 is 0 Å². The molecule has 1 aliphatic rings. The summed E-state index contributed by atoms with van der Waals surface area (Å²) in [6, 6.07) is 10.2. The van der Waals surface area contributed by atoms with Crippen molar-refractivity contribution in [1.29, 1.82) is 0 Å². The molecule has 2 aromatic rings. The van der Waals surface area contributed by atoms with Crippen LogP contribution in [-0.2, 0) is 6.42 Å². The zero-order valence-electron chi connectivity index (χ0n) is 9.69. The Morgan fingerprint density at radius 1 is 1.35 bits per heavy atom. The summed E-state index contributed by atoms with van der Waals surface area (Å²) in [5.74, 6) is 0. The topological polar surface area (TPSA) is 45.2 Å². The summed E-state index contributed by atoms with van der Waals surface area (Å²) in [5, 5.41) is 14.7. The first-order valence-corrected chi connectivity index (χ1v) is 6.02. The van der Waals surface area contributed by atoms with Gasteiger partial charge in [0.1, 0.15) is 0 Å². The minimum Gasteiger partial charge on any atom is -0.388 e. The van der Waals surface area contributed by atoms with Crippen LogP contribution in [0.5, 0.6) is 0 Å². The van der Waals surface area contributed by atoms with Crippen LogP contribution in [0.25, 0.3) is 10.9 Å². The van der Waals surface area contributed by atoms with Gasteiger partial charge in [-0.1, -0.05) is 18.2 Å². The summed E-state index contributed by atoms with van der Waals surface area (Å²) in [5.41, 5.74) is 1.57. The van der Waals surface area contributed by atoms with Crippen LogP contribution in [0.2, 0.25) is 0 Å². The van der Waals surface area contributed by atoms with E-state index in [4.69, 9.17) is 0 Å². The van der Waals surface area contributed by atoms with E-state index in [1.807, 2.05) is 6.07 Å². The maximum absolute atomic E-state index is 10.3. The lowest BCUT2D eigenvalue weighted by Gasteiger charge is -2.21. The van der Waals surface area contributed by atoms with Gasteiger partial charge in [0.25, 0.3) is 0 Å². The second-order valence-electron chi connectivity index (χ2n) is 4.86. The molecule has 3 rings (SSSR count). The summed E-state index contributed by atoms with van der Waals surface area (Å²) >= 11 is 0. The number of rotatable bonds is 2. The molecule has 0 amide bonds. The lowest BCUT2D eigenvalue weighted by atomic mass is 9.93. The molecule has 0 bridgehead atoms. The summed E-state index contributed by atoms with van der Waals surface area (Å²) in [4.78, 5) is 4.34. The summed E-state index contributed by atoms with van der Waals surface area (Å²) in [7, 11) is 0. The molecule has 2 heterocycles. The van der Waals surface area contributed by atoms with Gasteiger partial charge in [-0.25, -0.2) is 0 Å². The van der Waals surface area contributed by atoms with E-state index >= 15 is 0 Å². The van der Waals surface area contributed by atoms with Crippen LogP contribution >= 0.6 is 0 Å². The van der Waals surface area contributed by atoms with Gasteiger partial charge in [-0.15, -0.1) is 0 Å². The standard InChI is InChI=1S/C14H16N2O/c17-14(5-7-15-10-14)9-11-3-4-12-2-1-6-16-13(12)8-11/h1-4,6,8,15,17H,5,7,9-10H2. The molecule has 17 heavy (non-hydrogen) atoms. The number of nitrogens with one attached hydrogen (secondary N) is 1. The number of hydrogen-bond donors (Lipinski definition) is 2. The molecule has 88 valence electrons. The van der Waals surface area contributed by atoms with Gasteiger partial charge in [0, 0.05) is 24.5 Å². The zero-order chi connectivity index (χ0) is 11.7. The Labute approximate surface area is 100 Å². The Hall–Kier alpha value is -1.45. The minimum atomic E-state index is -0.581. The quantitative estimate of drug-likeness (QED) is 0.818. The van der Waals surface area contributed by atoms with Gasteiger partial charge in [0.15, 0.2) is 0 Å². The van der Waals surface area contributed by atoms with Gasteiger partial charge < -0.3 is 10.4 Å². The smallest absolute Gasteiger partial charge is 0.0823 e. The van der Waals surface area contributed by atoms with Crippen molar-refractivity contribution >= 4 is 10.9 Å². The van der Waals surface area contributed by atoms with Crippen molar-refractivity contribution in [2.45, 2.75) is 18.4 Å². The second kappa shape index (κ2) is 4.09. The highest BCUT2D eigenvalue weighted by molar-refractivity contribution is 5.78. The average molecular weight is 228 g/mol. The molecule has 2 N–H and O–H groups in total. The zero-order valence-corrected chi connectivity index (χ0v) is 9.69. The number of aromatic nitrogens is 1. The number of fused-ring (bicyclic) bond motifs is 1. The molecule has 0 spiro atoms. The molecule has 0 radical (unpaired) electrons. The van der Waals surface area contributed by atoms with E-state index in [0.717, 1.165) is 29.4 Å².